The molecule has 0 amide bonds. The smallest absolute Gasteiger partial charge is 0.182 e. The minimum Gasteiger partial charge on any atom is -0.493 e. The zero-order chi connectivity index (χ0) is 8.27. The summed E-state index contributed by atoms with van der Waals surface area (Å²) in [6.45, 7) is 1.88. The lowest BCUT2D eigenvalue weighted by atomic mass is 10.3. The van der Waals surface area contributed by atoms with Gasteiger partial charge < -0.3 is 9.47 Å². The Bertz CT molecular complexity index is 248. The third kappa shape index (κ3) is 1.42. The summed E-state index contributed by atoms with van der Waals surface area (Å²) in [5.74, 6) is 1.43. The Kier molecular flexibility index (Phi) is 2.31. The van der Waals surface area contributed by atoms with Crippen molar-refractivity contribution in [1.29, 1.82) is 0 Å². The molecular weight excluding hydrogens is 142 g/mol. The van der Waals surface area contributed by atoms with Gasteiger partial charge in [0.05, 0.1) is 19.9 Å². The second-order valence-corrected chi connectivity index (χ2v) is 2.13. The van der Waals surface area contributed by atoms with Gasteiger partial charge in [-0.1, -0.05) is 0 Å². The molecule has 0 aliphatic carbocycles. The number of pyridine rings is 1. The van der Waals surface area contributed by atoms with Crippen molar-refractivity contribution in [1.82, 2.24) is 4.98 Å². The summed E-state index contributed by atoms with van der Waals surface area (Å²) in [5.41, 5.74) is 0.840. The molecule has 3 nitrogen and oxygen atoms in total. The molecule has 60 valence electrons. The highest BCUT2D eigenvalue weighted by Gasteiger charge is 2.05. The number of rotatable bonds is 2. The zero-order valence-corrected chi connectivity index (χ0v) is 6.92. The van der Waals surface area contributed by atoms with E-state index in [9.17, 15) is 0 Å². The van der Waals surface area contributed by atoms with Crippen LogP contribution in [0.5, 0.6) is 11.5 Å². The molecule has 0 fully saturated rings. The van der Waals surface area contributed by atoms with Gasteiger partial charge in [-0.05, 0) is 6.92 Å². The van der Waals surface area contributed by atoms with Gasteiger partial charge in [-0.3, -0.25) is 4.98 Å². The van der Waals surface area contributed by atoms with Crippen molar-refractivity contribution in [2.75, 3.05) is 14.2 Å². The van der Waals surface area contributed by atoms with Crippen molar-refractivity contribution < 1.29 is 9.47 Å². The van der Waals surface area contributed by atoms with Crippen molar-refractivity contribution in [3.8, 4) is 11.5 Å². The molecule has 0 saturated carbocycles. The van der Waals surface area contributed by atoms with Crippen molar-refractivity contribution in [3.05, 3.63) is 18.0 Å². The van der Waals surface area contributed by atoms with Crippen LogP contribution in [0.4, 0.5) is 0 Å². The molecular formula is C8H11NO2. The van der Waals surface area contributed by atoms with E-state index in [1.165, 1.54) is 0 Å². The summed E-state index contributed by atoms with van der Waals surface area (Å²) < 4.78 is 10.1. The van der Waals surface area contributed by atoms with Crippen LogP contribution in [0.15, 0.2) is 12.3 Å². The second-order valence-electron chi connectivity index (χ2n) is 2.13. The molecule has 0 radical (unpaired) electrons. The van der Waals surface area contributed by atoms with Gasteiger partial charge in [0.25, 0.3) is 0 Å². The van der Waals surface area contributed by atoms with Crippen molar-refractivity contribution in [3.63, 3.8) is 0 Å². The lowest BCUT2D eigenvalue weighted by Gasteiger charge is -2.07. The van der Waals surface area contributed by atoms with Gasteiger partial charge in [0.15, 0.2) is 11.5 Å². The van der Waals surface area contributed by atoms with Gasteiger partial charge in [0.2, 0.25) is 0 Å². The molecule has 0 spiro atoms. The average Bonchev–Trinajstić information content (AvgIpc) is 2.04. The Morgan fingerprint density at radius 3 is 2.45 bits per heavy atom. The van der Waals surface area contributed by atoms with Crippen LogP contribution < -0.4 is 9.47 Å². The minimum atomic E-state index is 0.704. The molecule has 0 bridgehead atoms. The summed E-state index contributed by atoms with van der Waals surface area (Å²) in [4.78, 5) is 4.05. The first-order valence-corrected chi connectivity index (χ1v) is 3.33. The third-order valence-electron chi connectivity index (χ3n) is 1.47. The fraction of sp³-hybridized carbons (Fsp3) is 0.375. The number of ether oxygens (including phenoxy) is 2. The van der Waals surface area contributed by atoms with E-state index < -0.39 is 0 Å². The van der Waals surface area contributed by atoms with Crippen LogP contribution in [0.2, 0.25) is 0 Å². The van der Waals surface area contributed by atoms with Crippen LogP contribution in [0, 0.1) is 6.92 Å². The van der Waals surface area contributed by atoms with E-state index in [-0.39, 0.29) is 0 Å². The van der Waals surface area contributed by atoms with E-state index in [1.807, 2.05) is 6.92 Å². The number of hydrogen-bond acceptors (Lipinski definition) is 3. The Balaban J connectivity index is 3.13. The van der Waals surface area contributed by atoms with Gasteiger partial charge in [-0.2, -0.15) is 0 Å². The predicted molar refractivity (Wildman–Crippen MR) is 42.1 cm³/mol. The molecule has 11 heavy (non-hydrogen) atoms. The lowest BCUT2D eigenvalue weighted by Crippen LogP contribution is -1.94. The fourth-order valence-corrected chi connectivity index (χ4v) is 0.938. The first-order chi connectivity index (χ1) is 5.29. The van der Waals surface area contributed by atoms with Gasteiger partial charge in [-0.25, -0.2) is 0 Å². The van der Waals surface area contributed by atoms with Crippen LogP contribution >= 0.6 is 0 Å². The summed E-state index contributed by atoms with van der Waals surface area (Å²) in [7, 11) is 3.21. The van der Waals surface area contributed by atoms with Crippen molar-refractivity contribution in [2.45, 2.75) is 6.92 Å². The minimum absolute atomic E-state index is 0.704. The molecule has 3 heteroatoms. The Hall–Kier alpha value is -1.25. The molecule has 1 rings (SSSR count). The standard InChI is InChI=1S/C8H11NO2/c1-6-8(11-3)7(10-2)4-5-9-6/h4-5H,1-3H3. The Labute approximate surface area is 66.0 Å². The highest BCUT2D eigenvalue weighted by molar-refractivity contribution is 5.41. The van der Waals surface area contributed by atoms with E-state index in [4.69, 9.17) is 9.47 Å². The monoisotopic (exact) mass is 153 g/mol. The van der Waals surface area contributed by atoms with Gasteiger partial charge in [0, 0.05) is 12.3 Å². The average molecular weight is 153 g/mol. The summed E-state index contributed by atoms with van der Waals surface area (Å²) >= 11 is 0. The highest BCUT2D eigenvalue weighted by atomic mass is 16.5. The van der Waals surface area contributed by atoms with Crippen LogP contribution in [0.1, 0.15) is 5.69 Å². The number of hydrogen-bond donors (Lipinski definition) is 0. The topological polar surface area (TPSA) is 31.4 Å². The van der Waals surface area contributed by atoms with E-state index in [0.29, 0.717) is 5.75 Å². The van der Waals surface area contributed by atoms with Gasteiger partial charge in [0.1, 0.15) is 0 Å². The molecule has 0 N–H and O–H groups in total. The zero-order valence-electron chi connectivity index (χ0n) is 6.92. The molecule has 0 saturated heterocycles. The third-order valence-corrected chi connectivity index (χ3v) is 1.47. The first kappa shape index (κ1) is 7.85. The first-order valence-electron chi connectivity index (χ1n) is 3.33. The molecule has 1 aromatic rings. The Morgan fingerprint density at radius 2 is 2.00 bits per heavy atom. The number of aromatic nitrogens is 1. The van der Waals surface area contributed by atoms with Gasteiger partial charge >= 0.3 is 0 Å². The molecule has 0 unspecified atom stereocenters. The number of aryl methyl sites for hydroxylation is 1. The maximum absolute atomic E-state index is 5.08. The summed E-state index contributed by atoms with van der Waals surface area (Å²) in [6.07, 6.45) is 1.69. The number of methoxy groups -OCH3 is 2. The maximum atomic E-state index is 5.08. The van der Waals surface area contributed by atoms with Crippen molar-refractivity contribution in [2.24, 2.45) is 0 Å². The van der Waals surface area contributed by atoms with Crippen molar-refractivity contribution >= 4 is 0 Å². The summed E-state index contributed by atoms with van der Waals surface area (Å²) in [6, 6.07) is 1.77. The predicted octanol–water partition coefficient (Wildman–Crippen LogP) is 1.41. The highest BCUT2D eigenvalue weighted by Crippen LogP contribution is 2.27. The van der Waals surface area contributed by atoms with Crippen LogP contribution in [-0.2, 0) is 0 Å². The lowest BCUT2D eigenvalue weighted by molar-refractivity contribution is 0.351. The van der Waals surface area contributed by atoms with E-state index >= 15 is 0 Å². The maximum Gasteiger partial charge on any atom is 0.182 e. The second kappa shape index (κ2) is 3.23. The van der Waals surface area contributed by atoms with E-state index in [0.717, 1.165) is 11.4 Å². The normalized spacial score (nSPS) is 9.36. The molecule has 0 aromatic carbocycles. The molecule has 1 aromatic heterocycles. The van der Waals surface area contributed by atoms with E-state index in [2.05, 4.69) is 4.98 Å². The van der Waals surface area contributed by atoms with Crippen LogP contribution in [-0.4, -0.2) is 19.2 Å². The van der Waals surface area contributed by atoms with E-state index in [1.54, 1.807) is 26.5 Å². The molecule has 0 aliphatic rings. The van der Waals surface area contributed by atoms with Gasteiger partial charge in [-0.15, -0.1) is 0 Å². The molecule has 0 atom stereocenters. The van der Waals surface area contributed by atoms with Crippen LogP contribution in [0.3, 0.4) is 0 Å². The Morgan fingerprint density at radius 1 is 1.27 bits per heavy atom. The fourth-order valence-electron chi connectivity index (χ4n) is 0.938. The molecule has 1 heterocycles. The van der Waals surface area contributed by atoms with Crippen LogP contribution in [0.25, 0.3) is 0 Å². The SMILES string of the molecule is COc1ccnc(C)c1OC. The quantitative estimate of drug-likeness (QED) is 0.643. The molecule has 0 aliphatic heterocycles. The largest absolute Gasteiger partial charge is 0.493 e. The summed E-state index contributed by atoms with van der Waals surface area (Å²) in [5, 5.41) is 0. The number of nitrogens with zero attached hydrogens (tertiary/aromatic N) is 1.